The van der Waals surface area contributed by atoms with Crippen molar-refractivity contribution in [3.05, 3.63) is 59.0 Å². The highest BCUT2D eigenvalue weighted by Crippen LogP contribution is 2.34. The molecule has 0 radical (unpaired) electrons. The van der Waals surface area contributed by atoms with E-state index in [4.69, 9.17) is 4.42 Å². The Morgan fingerprint density at radius 3 is 2.83 bits per heavy atom. The molecule has 4 heterocycles. The highest BCUT2D eigenvalue weighted by molar-refractivity contribution is 9.10. The molecule has 0 fully saturated rings. The van der Waals surface area contributed by atoms with E-state index >= 15 is 0 Å². The zero-order chi connectivity index (χ0) is 21.3. The van der Waals surface area contributed by atoms with Gasteiger partial charge in [-0.15, -0.1) is 0 Å². The average molecular weight is 483 g/mol. The van der Waals surface area contributed by atoms with E-state index in [1.165, 1.54) is 12.3 Å². The lowest BCUT2D eigenvalue weighted by Gasteiger charge is -2.10. The number of rotatable bonds is 6. The first-order valence-electron chi connectivity index (χ1n) is 8.79. The second-order valence-electron chi connectivity index (χ2n) is 6.31. The van der Waals surface area contributed by atoms with E-state index < -0.39 is 17.8 Å². The van der Waals surface area contributed by atoms with E-state index in [1.807, 2.05) is 4.57 Å². The highest BCUT2D eigenvalue weighted by atomic mass is 79.9. The molecule has 0 aliphatic rings. The maximum Gasteiger partial charge on any atom is 0.433 e. The molecule has 1 N–H and O–H groups in total. The van der Waals surface area contributed by atoms with Gasteiger partial charge in [0.1, 0.15) is 5.69 Å². The second-order valence-corrected chi connectivity index (χ2v) is 7.10. The van der Waals surface area contributed by atoms with Crippen LogP contribution < -0.4 is 5.32 Å². The van der Waals surface area contributed by atoms with Crippen LogP contribution in [-0.4, -0.2) is 36.6 Å². The van der Waals surface area contributed by atoms with Gasteiger partial charge in [0.15, 0.2) is 22.8 Å². The number of amides is 1. The van der Waals surface area contributed by atoms with Crippen molar-refractivity contribution in [3.8, 4) is 11.5 Å². The number of hydrogen-bond acceptors (Lipinski definition) is 5. The molecule has 4 rings (SSSR count). The van der Waals surface area contributed by atoms with Gasteiger partial charge in [-0.3, -0.25) is 4.79 Å². The minimum atomic E-state index is -4.72. The van der Waals surface area contributed by atoms with E-state index in [2.05, 4.69) is 36.3 Å². The van der Waals surface area contributed by atoms with Gasteiger partial charge >= 0.3 is 6.18 Å². The maximum atomic E-state index is 13.6. The first kappa shape index (κ1) is 20.1. The summed E-state index contributed by atoms with van der Waals surface area (Å²) in [5.41, 5.74) is -1.42. The zero-order valence-electron chi connectivity index (χ0n) is 15.2. The van der Waals surface area contributed by atoms with Crippen LogP contribution in [0.4, 0.5) is 13.2 Å². The number of alkyl halides is 3. The van der Waals surface area contributed by atoms with E-state index in [0.29, 0.717) is 24.0 Å². The van der Waals surface area contributed by atoms with E-state index in [1.54, 1.807) is 24.8 Å². The van der Waals surface area contributed by atoms with Gasteiger partial charge in [-0.25, -0.2) is 14.5 Å². The SMILES string of the molecule is O=C(NCCCn1ccnc1)c1nn2c(C(F)(F)F)cc(-c3ccco3)nc2c1Br. The molecule has 0 saturated carbocycles. The topological polar surface area (TPSA) is 90.2 Å². The van der Waals surface area contributed by atoms with Gasteiger partial charge in [0, 0.05) is 25.5 Å². The largest absolute Gasteiger partial charge is 0.463 e. The molecule has 0 spiro atoms. The van der Waals surface area contributed by atoms with Gasteiger partial charge in [0.05, 0.1) is 17.1 Å². The molecular formula is C18H14BrF3N6O2. The van der Waals surface area contributed by atoms with Gasteiger partial charge in [0.2, 0.25) is 0 Å². The lowest BCUT2D eigenvalue weighted by molar-refractivity contribution is -0.142. The number of carbonyl (C=O) groups excluding carboxylic acids is 1. The Kier molecular flexibility index (Phi) is 5.33. The monoisotopic (exact) mass is 482 g/mol. The van der Waals surface area contributed by atoms with Crippen LogP contribution in [0, 0.1) is 0 Å². The number of fused-ring (bicyclic) bond motifs is 1. The first-order chi connectivity index (χ1) is 14.3. The maximum absolute atomic E-state index is 13.6. The van der Waals surface area contributed by atoms with Crippen LogP contribution >= 0.6 is 15.9 Å². The third-order valence-corrected chi connectivity index (χ3v) is 4.98. The van der Waals surface area contributed by atoms with E-state index in [0.717, 1.165) is 6.07 Å². The quantitative estimate of drug-likeness (QED) is 0.422. The molecule has 1 amide bonds. The van der Waals surface area contributed by atoms with Gasteiger partial charge in [-0.1, -0.05) is 0 Å². The minimum absolute atomic E-state index is 0.0206. The fourth-order valence-electron chi connectivity index (χ4n) is 2.86. The number of hydrogen-bond donors (Lipinski definition) is 1. The van der Waals surface area contributed by atoms with Crippen LogP contribution in [0.25, 0.3) is 17.1 Å². The number of aryl methyl sites for hydroxylation is 1. The molecule has 156 valence electrons. The smallest absolute Gasteiger partial charge is 0.433 e. The van der Waals surface area contributed by atoms with Crippen LogP contribution in [0.2, 0.25) is 0 Å². The molecule has 30 heavy (non-hydrogen) atoms. The number of nitrogens with one attached hydrogen (secondary N) is 1. The number of imidazole rings is 1. The second kappa shape index (κ2) is 7.94. The Morgan fingerprint density at radius 2 is 2.17 bits per heavy atom. The molecule has 0 aliphatic heterocycles. The van der Waals surface area contributed by atoms with Crippen molar-refractivity contribution in [2.45, 2.75) is 19.1 Å². The Balaban J connectivity index is 1.62. The van der Waals surface area contributed by atoms with Crippen molar-refractivity contribution >= 4 is 27.5 Å². The van der Waals surface area contributed by atoms with Gasteiger partial charge < -0.3 is 14.3 Å². The lowest BCUT2D eigenvalue weighted by Crippen LogP contribution is -2.26. The predicted molar refractivity (Wildman–Crippen MR) is 103 cm³/mol. The number of aromatic nitrogens is 5. The molecule has 12 heteroatoms. The molecule has 4 aromatic rings. The van der Waals surface area contributed by atoms with Gasteiger partial charge in [-0.05, 0) is 40.5 Å². The van der Waals surface area contributed by atoms with E-state index in [-0.39, 0.29) is 27.3 Å². The first-order valence-corrected chi connectivity index (χ1v) is 9.58. The molecule has 0 bridgehead atoms. The van der Waals surface area contributed by atoms with Crippen LogP contribution in [-0.2, 0) is 12.7 Å². The molecule has 0 atom stereocenters. The van der Waals surface area contributed by atoms with Crippen molar-refractivity contribution in [3.63, 3.8) is 0 Å². The van der Waals surface area contributed by atoms with Gasteiger partial charge in [0.25, 0.3) is 5.91 Å². The van der Waals surface area contributed by atoms with Crippen molar-refractivity contribution < 1.29 is 22.4 Å². The van der Waals surface area contributed by atoms with Crippen LogP contribution in [0.15, 0.2) is 52.1 Å². The minimum Gasteiger partial charge on any atom is -0.463 e. The fourth-order valence-corrected chi connectivity index (χ4v) is 3.37. The summed E-state index contributed by atoms with van der Waals surface area (Å²) in [6, 6.07) is 3.87. The predicted octanol–water partition coefficient (Wildman–Crippen LogP) is 3.79. The molecule has 0 unspecified atom stereocenters. The Labute approximate surface area is 175 Å². The summed E-state index contributed by atoms with van der Waals surface area (Å²) < 4.78 is 48.6. The van der Waals surface area contributed by atoms with Crippen LogP contribution in [0.1, 0.15) is 22.6 Å². The molecule has 0 aromatic carbocycles. The molecular weight excluding hydrogens is 469 g/mol. The summed E-state index contributed by atoms with van der Waals surface area (Å²) in [4.78, 5) is 20.6. The molecule has 4 aromatic heterocycles. The van der Waals surface area contributed by atoms with Crippen molar-refractivity contribution in [1.82, 2.24) is 29.5 Å². The summed E-state index contributed by atoms with van der Waals surface area (Å²) >= 11 is 3.17. The molecule has 0 saturated heterocycles. The third kappa shape index (κ3) is 3.95. The normalized spacial score (nSPS) is 11.9. The van der Waals surface area contributed by atoms with Gasteiger partial charge in [-0.2, -0.15) is 18.3 Å². The van der Waals surface area contributed by atoms with Crippen LogP contribution in [0.3, 0.4) is 0 Å². The Hall–Kier alpha value is -3.15. The number of halogens is 4. The zero-order valence-corrected chi connectivity index (χ0v) is 16.8. The summed E-state index contributed by atoms with van der Waals surface area (Å²) in [6.07, 6.45) is 2.33. The van der Waals surface area contributed by atoms with E-state index in [9.17, 15) is 18.0 Å². The third-order valence-electron chi connectivity index (χ3n) is 4.25. The highest BCUT2D eigenvalue weighted by Gasteiger charge is 2.36. The summed E-state index contributed by atoms with van der Waals surface area (Å²) in [5.74, 6) is -0.438. The number of carbonyl (C=O) groups is 1. The average Bonchev–Trinajstić information content (AvgIpc) is 3.45. The molecule has 8 nitrogen and oxygen atoms in total. The van der Waals surface area contributed by atoms with Crippen molar-refractivity contribution in [2.75, 3.05) is 6.54 Å². The molecule has 0 aliphatic carbocycles. The summed E-state index contributed by atoms with van der Waals surface area (Å²) in [5, 5.41) is 6.52. The lowest BCUT2D eigenvalue weighted by atomic mass is 10.2. The van der Waals surface area contributed by atoms with Crippen molar-refractivity contribution in [2.24, 2.45) is 0 Å². The number of furan rings is 1. The Morgan fingerprint density at radius 1 is 1.33 bits per heavy atom. The Bertz CT molecular complexity index is 1170. The van der Waals surface area contributed by atoms with Crippen molar-refractivity contribution in [1.29, 1.82) is 0 Å². The fraction of sp³-hybridized carbons (Fsp3) is 0.222. The van der Waals surface area contributed by atoms with Crippen LogP contribution in [0.5, 0.6) is 0 Å². The standard InChI is InChI=1S/C18H14BrF3N6O2/c19-14-15(17(29)24-4-2-6-27-7-5-23-10-27)26-28-13(18(20,21)22)9-11(25-16(14)28)12-3-1-8-30-12/h1,3,5,7-10H,2,4,6H2,(H,24,29). The summed E-state index contributed by atoms with van der Waals surface area (Å²) in [7, 11) is 0. The number of nitrogens with zero attached hydrogens (tertiary/aromatic N) is 5. The summed E-state index contributed by atoms with van der Waals surface area (Å²) in [6.45, 7) is 0.952.